The number of rotatable bonds is 7. The lowest BCUT2D eigenvalue weighted by atomic mass is 10.2. The highest BCUT2D eigenvalue weighted by Crippen LogP contribution is 2.19. The van der Waals surface area contributed by atoms with E-state index >= 15 is 0 Å². The number of halogens is 1. The molecular weight excluding hydrogens is 267 g/mol. The molecule has 0 aliphatic rings. The van der Waals surface area contributed by atoms with Gasteiger partial charge in [-0.15, -0.1) is 0 Å². The first-order chi connectivity index (χ1) is 8.93. The summed E-state index contributed by atoms with van der Waals surface area (Å²) in [6.07, 6.45) is 0.996. The van der Waals surface area contributed by atoms with E-state index in [9.17, 15) is 12.8 Å². The van der Waals surface area contributed by atoms with Gasteiger partial charge in [-0.2, -0.15) is 0 Å². The lowest BCUT2D eigenvalue weighted by Gasteiger charge is -2.15. The molecule has 0 aromatic heterocycles. The van der Waals surface area contributed by atoms with Crippen molar-refractivity contribution in [1.29, 1.82) is 0 Å². The average Bonchev–Trinajstić information content (AvgIpc) is 2.37. The van der Waals surface area contributed by atoms with Gasteiger partial charge in [0, 0.05) is 20.1 Å². The fraction of sp³-hybridized carbons (Fsp3) is 0.538. The highest BCUT2D eigenvalue weighted by molar-refractivity contribution is 7.89. The molecule has 0 aliphatic carbocycles. The molecule has 0 radical (unpaired) electrons. The minimum absolute atomic E-state index is 0.268. The largest absolute Gasteiger partial charge is 0.313 e. The SMILES string of the molecule is CCCNCc1ccc(S(=O)(=O)N(C)CC)c(F)c1. The van der Waals surface area contributed by atoms with Gasteiger partial charge < -0.3 is 5.32 Å². The molecule has 0 aliphatic heterocycles. The van der Waals surface area contributed by atoms with Gasteiger partial charge in [-0.25, -0.2) is 17.1 Å². The predicted molar refractivity (Wildman–Crippen MR) is 73.9 cm³/mol. The summed E-state index contributed by atoms with van der Waals surface area (Å²) in [7, 11) is -2.29. The maximum Gasteiger partial charge on any atom is 0.245 e. The third-order valence-electron chi connectivity index (χ3n) is 2.89. The van der Waals surface area contributed by atoms with Crippen molar-refractivity contribution in [1.82, 2.24) is 9.62 Å². The van der Waals surface area contributed by atoms with E-state index in [0.29, 0.717) is 13.1 Å². The molecule has 0 saturated carbocycles. The summed E-state index contributed by atoms with van der Waals surface area (Å²) in [5, 5.41) is 3.14. The van der Waals surface area contributed by atoms with E-state index in [0.717, 1.165) is 22.8 Å². The van der Waals surface area contributed by atoms with Crippen molar-refractivity contribution in [3.8, 4) is 0 Å². The van der Waals surface area contributed by atoms with E-state index in [2.05, 4.69) is 5.32 Å². The summed E-state index contributed by atoms with van der Waals surface area (Å²) in [6, 6.07) is 4.25. The summed E-state index contributed by atoms with van der Waals surface area (Å²) < 4.78 is 39.1. The second-order valence-corrected chi connectivity index (χ2v) is 6.37. The van der Waals surface area contributed by atoms with Crippen molar-refractivity contribution in [2.45, 2.75) is 31.7 Å². The Morgan fingerprint density at radius 2 is 2.00 bits per heavy atom. The Morgan fingerprint density at radius 3 is 2.53 bits per heavy atom. The summed E-state index contributed by atoms with van der Waals surface area (Å²) >= 11 is 0. The first kappa shape index (κ1) is 16.1. The molecule has 1 aromatic carbocycles. The lowest BCUT2D eigenvalue weighted by Crippen LogP contribution is -2.27. The number of hydrogen-bond acceptors (Lipinski definition) is 3. The predicted octanol–water partition coefficient (Wildman–Crippen LogP) is 1.97. The van der Waals surface area contributed by atoms with Crippen molar-refractivity contribution in [2.24, 2.45) is 0 Å². The summed E-state index contributed by atoms with van der Waals surface area (Å²) in [5.41, 5.74) is 0.740. The second kappa shape index (κ2) is 6.98. The first-order valence-electron chi connectivity index (χ1n) is 6.39. The smallest absolute Gasteiger partial charge is 0.245 e. The number of nitrogens with zero attached hydrogens (tertiary/aromatic N) is 1. The van der Waals surface area contributed by atoms with Gasteiger partial charge in [0.05, 0.1) is 0 Å². The Labute approximate surface area is 114 Å². The molecule has 108 valence electrons. The summed E-state index contributed by atoms with van der Waals surface area (Å²) in [6.45, 7) is 5.44. The Balaban J connectivity index is 2.95. The van der Waals surface area contributed by atoms with Crippen molar-refractivity contribution in [2.75, 3.05) is 20.1 Å². The molecule has 0 saturated heterocycles. The molecule has 0 atom stereocenters. The van der Waals surface area contributed by atoms with E-state index in [1.54, 1.807) is 13.0 Å². The monoisotopic (exact) mass is 288 g/mol. The Morgan fingerprint density at radius 1 is 1.32 bits per heavy atom. The third-order valence-corrected chi connectivity index (χ3v) is 4.85. The topological polar surface area (TPSA) is 49.4 Å². The van der Waals surface area contributed by atoms with Gasteiger partial charge in [0.25, 0.3) is 0 Å². The highest BCUT2D eigenvalue weighted by atomic mass is 32.2. The number of sulfonamides is 1. The quantitative estimate of drug-likeness (QED) is 0.780. The van der Waals surface area contributed by atoms with Gasteiger partial charge in [0.15, 0.2) is 0 Å². The van der Waals surface area contributed by atoms with Crippen molar-refractivity contribution in [3.63, 3.8) is 0 Å². The van der Waals surface area contributed by atoms with Crippen molar-refractivity contribution in [3.05, 3.63) is 29.6 Å². The maximum atomic E-state index is 13.9. The van der Waals surface area contributed by atoms with E-state index in [-0.39, 0.29) is 4.90 Å². The average molecular weight is 288 g/mol. The zero-order valence-corrected chi connectivity index (χ0v) is 12.4. The molecule has 1 N–H and O–H groups in total. The van der Waals surface area contributed by atoms with Gasteiger partial charge >= 0.3 is 0 Å². The van der Waals surface area contributed by atoms with Crippen LogP contribution < -0.4 is 5.32 Å². The Bertz CT molecular complexity index is 517. The van der Waals surface area contributed by atoms with Gasteiger partial charge in [0.1, 0.15) is 10.7 Å². The minimum atomic E-state index is -3.72. The second-order valence-electron chi connectivity index (χ2n) is 4.36. The van der Waals surface area contributed by atoms with Crippen LogP contribution in [0.5, 0.6) is 0 Å². The molecular formula is C13H21FN2O2S. The van der Waals surface area contributed by atoms with E-state index < -0.39 is 15.8 Å². The fourth-order valence-corrected chi connectivity index (χ4v) is 2.83. The van der Waals surface area contributed by atoms with Crippen LogP contribution in [0.1, 0.15) is 25.8 Å². The van der Waals surface area contributed by atoms with E-state index in [4.69, 9.17) is 0 Å². The van der Waals surface area contributed by atoms with Gasteiger partial charge in [-0.3, -0.25) is 0 Å². The van der Waals surface area contributed by atoms with Crippen LogP contribution in [0.2, 0.25) is 0 Å². The van der Waals surface area contributed by atoms with Crippen LogP contribution in [0.25, 0.3) is 0 Å². The maximum absolute atomic E-state index is 13.9. The molecule has 0 spiro atoms. The summed E-state index contributed by atoms with van der Waals surface area (Å²) in [5.74, 6) is -0.698. The zero-order chi connectivity index (χ0) is 14.5. The number of benzene rings is 1. The van der Waals surface area contributed by atoms with Crippen molar-refractivity contribution >= 4 is 10.0 Å². The minimum Gasteiger partial charge on any atom is -0.313 e. The zero-order valence-electron chi connectivity index (χ0n) is 11.6. The van der Waals surface area contributed by atoms with Crippen LogP contribution in [0, 0.1) is 5.82 Å². The molecule has 0 bridgehead atoms. The molecule has 1 aromatic rings. The molecule has 0 fully saturated rings. The van der Waals surface area contributed by atoms with Crippen LogP contribution in [0.3, 0.4) is 0 Å². The third kappa shape index (κ3) is 3.99. The van der Waals surface area contributed by atoms with E-state index in [1.807, 2.05) is 6.92 Å². The van der Waals surface area contributed by atoms with Crippen LogP contribution >= 0.6 is 0 Å². The van der Waals surface area contributed by atoms with Crippen LogP contribution in [-0.2, 0) is 16.6 Å². The molecule has 1 rings (SSSR count). The standard InChI is InChI=1S/C13H21FN2O2S/c1-4-8-15-10-11-6-7-13(12(14)9-11)19(17,18)16(3)5-2/h6-7,9,15H,4-5,8,10H2,1-3H3. The summed E-state index contributed by atoms with van der Waals surface area (Å²) in [4.78, 5) is -0.268. The molecule has 0 unspecified atom stereocenters. The molecule has 0 amide bonds. The molecule has 4 nitrogen and oxygen atoms in total. The molecule has 19 heavy (non-hydrogen) atoms. The molecule has 6 heteroatoms. The van der Waals surface area contributed by atoms with Crippen molar-refractivity contribution < 1.29 is 12.8 Å². The van der Waals surface area contributed by atoms with E-state index in [1.165, 1.54) is 19.2 Å². The van der Waals surface area contributed by atoms with Gasteiger partial charge in [-0.05, 0) is 30.7 Å². The Kier molecular flexibility index (Phi) is 5.90. The number of nitrogens with one attached hydrogen (secondary N) is 1. The first-order valence-corrected chi connectivity index (χ1v) is 7.83. The van der Waals surface area contributed by atoms with Crippen LogP contribution in [0.4, 0.5) is 4.39 Å². The normalized spacial score (nSPS) is 12.1. The highest BCUT2D eigenvalue weighted by Gasteiger charge is 2.23. The fourth-order valence-electron chi connectivity index (χ4n) is 1.61. The van der Waals surface area contributed by atoms with Gasteiger partial charge in [-0.1, -0.05) is 19.9 Å². The Hall–Kier alpha value is -0.980. The van der Waals surface area contributed by atoms with Crippen LogP contribution in [0.15, 0.2) is 23.1 Å². The molecule has 0 heterocycles. The number of hydrogen-bond donors (Lipinski definition) is 1. The van der Waals surface area contributed by atoms with Crippen LogP contribution in [-0.4, -0.2) is 32.9 Å². The lowest BCUT2D eigenvalue weighted by molar-refractivity contribution is 0.477. The van der Waals surface area contributed by atoms with Gasteiger partial charge in [0.2, 0.25) is 10.0 Å².